The number of benzene rings is 2. The predicted molar refractivity (Wildman–Crippen MR) is 85.4 cm³/mol. The minimum atomic E-state index is -0.216. The minimum Gasteiger partial charge on any atom is -0.398 e. The molecule has 2 rings (SSSR count). The van der Waals surface area contributed by atoms with E-state index in [4.69, 9.17) is 10.8 Å². The van der Waals surface area contributed by atoms with Gasteiger partial charge < -0.3 is 16.2 Å². The van der Waals surface area contributed by atoms with E-state index >= 15 is 0 Å². The monoisotopic (exact) mass is 284 g/mol. The molecule has 0 unspecified atom stereocenters. The molecule has 2 aromatic carbocycles. The van der Waals surface area contributed by atoms with Gasteiger partial charge >= 0.3 is 0 Å². The highest BCUT2D eigenvalue weighted by molar-refractivity contribution is 6.07. The number of aliphatic hydroxyl groups is 1. The van der Waals surface area contributed by atoms with Crippen molar-refractivity contribution in [2.24, 2.45) is 0 Å². The molecule has 0 aliphatic carbocycles. The number of carbonyl (C=O) groups is 1. The zero-order valence-corrected chi connectivity index (χ0v) is 12.1. The molecule has 21 heavy (non-hydrogen) atoms. The lowest BCUT2D eigenvalue weighted by molar-refractivity contribution is 0.102. The van der Waals surface area contributed by atoms with E-state index in [1.54, 1.807) is 12.1 Å². The molecular formula is C17H20N2O2. The predicted octanol–water partition coefficient (Wildman–Crippen LogP) is 2.75. The molecule has 0 bridgehead atoms. The molecule has 4 N–H and O–H groups in total. The number of nitrogen functional groups attached to an aromatic ring is 1. The fourth-order valence-corrected chi connectivity index (χ4v) is 2.18. The smallest absolute Gasteiger partial charge is 0.257 e. The second-order valence-electron chi connectivity index (χ2n) is 5.07. The van der Waals surface area contributed by atoms with Gasteiger partial charge in [0, 0.05) is 18.0 Å². The van der Waals surface area contributed by atoms with Crippen molar-refractivity contribution in [3.8, 4) is 0 Å². The second kappa shape index (κ2) is 6.90. The Labute approximate surface area is 124 Å². The maximum Gasteiger partial charge on any atom is 0.257 e. The first-order chi connectivity index (χ1) is 10.1. The first kappa shape index (κ1) is 15.1. The number of hydrogen-bond donors (Lipinski definition) is 3. The molecule has 2 aromatic rings. The minimum absolute atomic E-state index is 0.163. The number of nitrogens with one attached hydrogen (secondary N) is 1. The summed E-state index contributed by atoms with van der Waals surface area (Å²) in [4.78, 5) is 12.2. The van der Waals surface area contributed by atoms with Crippen LogP contribution in [0.15, 0.2) is 42.5 Å². The fraction of sp³-hybridized carbons (Fsp3) is 0.235. The highest BCUT2D eigenvalue weighted by Gasteiger charge is 2.10. The molecule has 0 fully saturated rings. The Morgan fingerprint density at radius 1 is 1.24 bits per heavy atom. The van der Waals surface area contributed by atoms with E-state index < -0.39 is 0 Å². The van der Waals surface area contributed by atoms with Gasteiger partial charge in [0.2, 0.25) is 0 Å². The van der Waals surface area contributed by atoms with Crippen molar-refractivity contribution in [3.05, 3.63) is 59.2 Å². The van der Waals surface area contributed by atoms with Crippen LogP contribution in [0.2, 0.25) is 0 Å². The summed E-state index contributed by atoms with van der Waals surface area (Å²) in [6, 6.07) is 13.0. The van der Waals surface area contributed by atoms with E-state index in [0.29, 0.717) is 17.7 Å². The second-order valence-corrected chi connectivity index (χ2v) is 5.07. The standard InChI is InChI=1S/C17H20N2O2/c1-12-7-8-15(16(18)10-12)17(21)19-14-6-2-4-13(11-14)5-3-9-20/h2,4,6-8,10-11,20H,3,5,9,18H2,1H3,(H,19,21). The van der Waals surface area contributed by atoms with Crippen LogP contribution >= 0.6 is 0 Å². The summed E-state index contributed by atoms with van der Waals surface area (Å²) in [5, 5.41) is 11.7. The third-order valence-corrected chi connectivity index (χ3v) is 3.26. The van der Waals surface area contributed by atoms with Gasteiger partial charge in [-0.2, -0.15) is 0 Å². The van der Waals surface area contributed by atoms with Crippen molar-refractivity contribution in [1.82, 2.24) is 0 Å². The summed E-state index contributed by atoms with van der Waals surface area (Å²) >= 11 is 0. The largest absolute Gasteiger partial charge is 0.398 e. The van der Waals surface area contributed by atoms with Crippen molar-refractivity contribution in [2.75, 3.05) is 17.7 Å². The van der Waals surface area contributed by atoms with Gasteiger partial charge in [-0.05, 0) is 55.2 Å². The van der Waals surface area contributed by atoms with Crippen LogP contribution in [0, 0.1) is 6.92 Å². The molecule has 1 amide bonds. The Bertz CT molecular complexity index is 638. The number of amides is 1. The number of anilines is 2. The lowest BCUT2D eigenvalue weighted by atomic mass is 10.1. The van der Waals surface area contributed by atoms with Crippen molar-refractivity contribution in [1.29, 1.82) is 0 Å². The van der Waals surface area contributed by atoms with Crippen LogP contribution < -0.4 is 11.1 Å². The molecular weight excluding hydrogens is 264 g/mol. The number of aliphatic hydroxyl groups excluding tert-OH is 1. The van der Waals surface area contributed by atoms with E-state index in [2.05, 4.69) is 5.32 Å². The van der Waals surface area contributed by atoms with Crippen LogP contribution in [0.3, 0.4) is 0 Å². The van der Waals surface area contributed by atoms with Gasteiger partial charge in [-0.25, -0.2) is 0 Å². The Balaban J connectivity index is 2.12. The van der Waals surface area contributed by atoms with Gasteiger partial charge in [-0.15, -0.1) is 0 Å². The lowest BCUT2D eigenvalue weighted by Gasteiger charge is -2.09. The van der Waals surface area contributed by atoms with Crippen LogP contribution in [0.1, 0.15) is 27.9 Å². The van der Waals surface area contributed by atoms with Gasteiger partial charge in [0.05, 0.1) is 5.56 Å². The number of rotatable bonds is 5. The Morgan fingerprint density at radius 2 is 2.05 bits per heavy atom. The van der Waals surface area contributed by atoms with Crippen molar-refractivity contribution >= 4 is 17.3 Å². The SMILES string of the molecule is Cc1ccc(C(=O)Nc2cccc(CCCO)c2)c(N)c1. The van der Waals surface area contributed by atoms with Crippen molar-refractivity contribution in [2.45, 2.75) is 19.8 Å². The number of carbonyl (C=O) groups excluding carboxylic acids is 1. The van der Waals surface area contributed by atoms with E-state index in [0.717, 1.165) is 23.2 Å². The Kier molecular flexibility index (Phi) is 4.95. The zero-order chi connectivity index (χ0) is 15.2. The first-order valence-electron chi connectivity index (χ1n) is 6.97. The maximum absolute atomic E-state index is 12.2. The number of nitrogens with two attached hydrogens (primary N) is 1. The van der Waals surface area contributed by atoms with Crippen LogP contribution in [0.25, 0.3) is 0 Å². The number of aryl methyl sites for hydroxylation is 2. The van der Waals surface area contributed by atoms with Gasteiger partial charge in [-0.1, -0.05) is 18.2 Å². The van der Waals surface area contributed by atoms with Gasteiger partial charge in [0.1, 0.15) is 0 Å². The maximum atomic E-state index is 12.2. The Hall–Kier alpha value is -2.33. The lowest BCUT2D eigenvalue weighted by Crippen LogP contribution is -2.14. The van der Waals surface area contributed by atoms with E-state index in [-0.39, 0.29) is 12.5 Å². The highest BCUT2D eigenvalue weighted by atomic mass is 16.2. The molecule has 4 heteroatoms. The van der Waals surface area contributed by atoms with Crippen LogP contribution in [-0.4, -0.2) is 17.6 Å². The molecule has 0 radical (unpaired) electrons. The van der Waals surface area contributed by atoms with Crippen LogP contribution in [0.4, 0.5) is 11.4 Å². The van der Waals surface area contributed by atoms with Gasteiger partial charge in [-0.3, -0.25) is 4.79 Å². The third kappa shape index (κ3) is 4.07. The first-order valence-corrected chi connectivity index (χ1v) is 6.97. The summed E-state index contributed by atoms with van der Waals surface area (Å²) in [5.74, 6) is -0.216. The average Bonchev–Trinajstić information content (AvgIpc) is 2.45. The Morgan fingerprint density at radius 3 is 2.76 bits per heavy atom. The van der Waals surface area contributed by atoms with Gasteiger partial charge in [0.15, 0.2) is 0 Å². The zero-order valence-electron chi connectivity index (χ0n) is 12.1. The van der Waals surface area contributed by atoms with E-state index in [1.807, 2.05) is 37.3 Å². The molecule has 0 saturated heterocycles. The topological polar surface area (TPSA) is 75.3 Å². The summed E-state index contributed by atoms with van der Waals surface area (Å²) in [6.07, 6.45) is 1.50. The molecule has 4 nitrogen and oxygen atoms in total. The fourth-order valence-electron chi connectivity index (χ4n) is 2.18. The molecule has 0 heterocycles. The van der Waals surface area contributed by atoms with E-state index in [1.165, 1.54) is 0 Å². The summed E-state index contributed by atoms with van der Waals surface area (Å²) < 4.78 is 0. The molecule has 0 aromatic heterocycles. The molecule has 0 aliphatic heterocycles. The molecule has 0 spiro atoms. The van der Waals surface area contributed by atoms with E-state index in [9.17, 15) is 4.79 Å². The van der Waals surface area contributed by atoms with Crippen molar-refractivity contribution < 1.29 is 9.90 Å². The third-order valence-electron chi connectivity index (χ3n) is 3.26. The molecule has 0 atom stereocenters. The van der Waals surface area contributed by atoms with Crippen LogP contribution in [-0.2, 0) is 6.42 Å². The molecule has 0 aliphatic rings. The highest BCUT2D eigenvalue weighted by Crippen LogP contribution is 2.17. The van der Waals surface area contributed by atoms with Crippen LogP contribution in [0.5, 0.6) is 0 Å². The number of hydrogen-bond acceptors (Lipinski definition) is 3. The van der Waals surface area contributed by atoms with Crippen molar-refractivity contribution in [3.63, 3.8) is 0 Å². The molecule has 110 valence electrons. The average molecular weight is 284 g/mol. The van der Waals surface area contributed by atoms with Gasteiger partial charge in [0.25, 0.3) is 5.91 Å². The quantitative estimate of drug-likeness (QED) is 0.739. The summed E-state index contributed by atoms with van der Waals surface area (Å²) in [6.45, 7) is 2.10. The summed E-state index contributed by atoms with van der Waals surface area (Å²) in [7, 11) is 0. The normalized spacial score (nSPS) is 10.4. The molecule has 0 saturated carbocycles. The summed E-state index contributed by atoms with van der Waals surface area (Å²) in [5.41, 5.74) is 9.67.